The number of rotatable bonds is 4. The molecule has 1 aliphatic rings. The molecule has 1 saturated carbocycles. The van der Waals surface area contributed by atoms with Crippen molar-refractivity contribution in [3.05, 3.63) is 41.7 Å². The average Bonchev–Trinajstić information content (AvgIpc) is 3.20. The molecule has 2 aromatic heterocycles. The molecular formula is C16H19N3. The molecular weight excluding hydrogens is 234 g/mol. The molecule has 0 unspecified atom stereocenters. The molecule has 0 amide bonds. The Balaban J connectivity index is 1.89. The largest absolute Gasteiger partial charge is 0.322 e. The smallest absolute Gasteiger partial charge is 0.102 e. The van der Waals surface area contributed by atoms with E-state index in [0.717, 1.165) is 29.1 Å². The number of pyridine rings is 1. The second-order valence-corrected chi connectivity index (χ2v) is 5.63. The van der Waals surface area contributed by atoms with Gasteiger partial charge in [-0.3, -0.25) is 4.90 Å². The van der Waals surface area contributed by atoms with Crippen molar-refractivity contribution in [2.75, 3.05) is 7.05 Å². The first kappa shape index (κ1) is 12.3. The number of nitrogens with zero attached hydrogens (tertiary/aromatic N) is 3. The zero-order valence-electron chi connectivity index (χ0n) is 11.5. The van der Waals surface area contributed by atoms with E-state index in [2.05, 4.69) is 31.1 Å². The minimum atomic E-state index is 0.606. The van der Waals surface area contributed by atoms with Gasteiger partial charge in [0.2, 0.25) is 0 Å². The monoisotopic (exact) mass is 253 g/mol. The molecule has 0 N–H and O–H groups in total. The first-order chi connectivity index (χ1) is 9.20. The lowest BCUT2D eigenvalue weighted by molar-refractivity contribution is 0.226. The van der Waals surface area contributed by atoms with E-state index < -0.39 is 0 Å². The summed E-state index contributed by atoms with van der Waals surface area (Å²) < 4.78 is 2.05. The summed E-state index contributed by atoms with van der Waals surface area (Å²) >= 11 is 0. The first-order valence-corrected chi connectivity index (χ1v) is 6.89. The van der Waals surface area contributed by atoms with Crippen LogP contribution in [0.2, 0.25) is 0 Å². The fraction of sp³-hybridized carbons (Fsp3) is 0.438. The summed E-state index contributed by atoms with van der Waals surface area (Å²) in [7, 11) is 2.16. The van der Waals surface area contributed by atoms with E-state index in [1.807, 2.05) is 28.8 Å². The van der Waals surface area contributed by atoms with Crippen LogP contribution in [-0.2, 0) is 6.54 Å². The molecule has 2 aromatic rings. The molecule has 0 aliphatic heterocycles. The Bertz CT molecular complexity index is 631. The Morgan fingerprint density at radius 2 is 2.26 bits per heavy atom. The van der Waals surface area contributed by atoms with E-state index in [-0.39, 0.29) is 0 Å². The van der Waals surface area contributed by atoms with Crippen LogP contribution in [0.1, 0.15) is 30.9 Å². The summed E-state index contributed by atoms with van der Waals surface area (Å²) in [6, 6.07) is 8.95. The Kier molecular flexibility index (Phi) is 3.04. The highest BCUT2D eigenvalue weighted by Gasteiger charge is 2.30. The van der Waals surface area contributed by atoms with Gasteiger partial charge >= 0.3 is 0 Å². The minimum absolute atomic E-state index is 0.606. The van der Waals surface area contributed by atoms with Gasteiger partial charge in [0.1, 0.15) is 6.07 Å². The van der Waals surface area contributed by atoms with Gasteiger partial charge in [0.25, 0.3) is 0 Å². The highest BCUT2D eigenvalue weighted by atomic mass is 15.1. The van der Waals surface area contributed by atoms with E-state index in [4.69, 9.17) is 0 Å². The number of hydrogen-bond donors (Lipinski definition) is 0. The molecule has 0 aromatic carbocycles. The third-order valence-electron chi connectivity index (χ3n) is 4.29. The molecule has 0 radical (unpaired) electrons. The molecule has 1 fully saturated rings. The van der Waals surface area contributed by atoms with Crippen molar-refractivity contribution in [2.45, 2.75) is 32.4 Å². The van der Waals surface area contributed by atoms with Crippen molar-refractivity contribution in [3.63, 3.8) is 0 Å². The molecule has 19 heavy (non-hydrogen) atoms. The quantitative estimate of drug-likeness (QED) is 0.838. The number of nitriles is 1. The third-order valence-corrected chi connectivity index (χ3v) is 4.29. The zero-order chi connectivity index (χ0) is 13.4. The van der Waals surface area contributed by atoms with Gasteiger partial charge in [-0.2, -0.15) is 5.26 Å². The Morgan fingerprint density at radius 1 is 1.47 bits per heavy atom. The molecule has 0 spiro atoms. The van der Waals surface area contributed by atoms with Gasteiger partial charge in [0.15, 0.2) is 0 Å². The zero-order valence-corrected chi connectivity index (χ0v) is 11.5. The lowest BCUT2D eigenvalue weighted by atomic mass is 10.1. The van der Waals surface area contributed by atoms with E-state index >= 15 is 0 Å². The summed E-state index contributed by atoms with van der Waals surface area (Å²) in [4.78, 5) is 2.37. The summed E-state index contributed by atoms with van der Waals surface area (Å²) in [6.07, 6.45) is 6.80. The normalized spacial score (nSPS) is 16.7. The Hall–Kier alpha value is -1.79. The topological polar surface area (TPSA) is 31.4 Å². The van der Waals surface area contributed by atoms with Crippen molar-refractivity contribution in [3.8, 4) is 6.07 Å². The van der Waals surface area contributed by atoms with Crippen molar-refractivity contribution in [2.24, 2.45) is 5.92 Å². The summed E-state index contributed by atoms with van der Waals surface area (Å²) in [5.74, 6) is 0.854. The van der Waals surface area contributed by atoms with Crippen LogP contribution in [0.5, 0.6) is 0 Å². The molecule has 2 heterocycles. The second kappa shape index (κ2) is 4.71. The maximum Gasteiger partial charge on any atom is 0.102 e. The molecule has 0 bridgehead atoms. The van der Waals surface area contributed by atoms with Gasteiger partial charge in [0, 0.05) is 30.5 Å². The molecule has 1 atom stereocenters. The van der Waals surface area contributed by atoms with Gasteiger partial charge in [-0.05, 0) is 44.9 Å². The van der Waals surface area contributed by atoms with Gasteiger partial charge in [-0.1, -0.05) is 6.07 Å². The lowest BCUT2D eigenvalue weighted by Gasteiger charge is -2.24. The van der Waals surface area contributed by atoms with Gasteiger partial charge in [-0.25, -0.2) is 0 Å². The Labute approximate surface area is 114 Å². The van der Waals surface area contributed by atoms with Gasteiger partial charge in [0.05, 0.1) is 11.1 Å². The molecule has 98 valence electrons. The highest BCUT2D eigenvalue weighted by molar-refractivity contribution is 5.65. The van der Waals surface area contributed by atoms with Crippen LogP contribution in [0.15, 0.2) is 30.6 Å². The summed E-state index contributed by atoms with van der Waals surface area (Å²) in [5, 5.41) is 9.40. The molecule has 3 rings (SSSR count). The van der Waals surface area contributed by atoms with Crippen LogP contribution < -0.4 is 0 Å². The summed E-state index contributed by atoms with van der Waals surface area (Å²) in [6.45, 7) is 3.14. The third kappa shape index (κ3) is 2.24. The number of hydrogen-bond acceptors (Lipinski definition) is 2. The lowest BCUT2D eigenvalue weighted by Crippen LogP contribution is -2.30. The van der Waals surface area contributed by atoms with Crippen LogP contribution in [0.3, 0.4) is 0 Å². The van der Waals surface area contributed by atoms with Crippen LogP contribution in [-0.4, -0.2) is 22.4 Å². The predicted octanol–water partition coefficient (Wildman–Crippen LogP) is 3.04. The number of aromatic nitrogens is 1. The van der Waals surface area contributed by atoms with Crippen molar-refractivity contribution in [1.29, 1.82) is 5.26 Å². The van der Waals surface area contributed by atoms with Crippen molar-refractivity contribution in [1.82, 2.24) is 9.30 Å². The van der Waals surface area contributed by atoms with E-state index in [0.29, 0.717) is 6.04 Å². The van der Waals surface area contributed by atoms with Crippen LogP contribution >= 0.6 is 0 Å². The highest BCUT2D eigenvalue weighted by Crippen LogP contribution is 2.35. The molecule has 3 heteroatoms. The van der Waals surface area contributed by atoms with E-state index in [9.17, 15) is 5.26 Å². The predicted molar refractivity (Wildman–Crippen MR) is 75.8 cm³/mol. The van der Waals surface area contributed by atoms with Crippen LogP contribution in [0.25, 0.3) is 5.52 Å². The van der Waals surface area contributed by atoms with Crippen molar-refractivity contribution < 1.29 is 0 Å². The van der Waals surface area contributed by atoms with Crippen LogP contribution in [0.4, 0.5) is 0 Å². The minimum Gasteiger partial charge on any atom is -0.322 e. The molecule has 3 nitrogen and oxygen atoms in total. The fourth-order valence-electron chi connectivity index (χ4n) is 2.78. The first-order valence-electron chi connectivity index (χ1n) is 6.89. The molecule has 0 saturated heterocycles. The number of fused-ring (bicyclic) bond motifs is 1. The van der Waals surface area contributed by atoms with Crippen LogP contribution in [0, 0.1) is 17.2 Å². The maximum absolute atomic E-state index is 9.40. The van der Waals surface area contributed by atoms with Gasteiger partial charge in [-0.15, -0.1) is 0 Å². The van der Waals surface area contributed by atoms with Crippen molar-refractivity contribution >= 4 is 5.52 Å². The van der Waals surface area contributed by atoms with E-state index in [1.54, 1.807) is 0 Å². The Morgan fingerprint density at radius 3 is 2.95 bits per heavy atom. The maximum atomic E-state index is 9.40. The summed E-state index contributed by atoms with van der Waals surface area (Å²) in [5.41, 5.74) is 2.95. The standard InChI is InChI=1S/C16H19N3/c1-12(13-6-7-13)18(2)10-14-11-19-8-4-3-5-16(19)15(14)9-17/h3-5,8,11-13H,6-7,10H2,1-2H3/t12-/m0/s1. The SMILES string of the molecule is C[C@@H](C1CC1)N(C)Cc1cn2ccccc2c1C#N. The second-order valence-electron chi connectivity index (χ2n) is 5.63. The molecule has 1 aliphatic carbocycles. The van der Waals surface area contributed by atoms with E-state index in [1.165, 1.54) is 12.8 Å². The van der Waals surface area contributed by atoms with Gasteiger partial charge < -0.3 is 4.40 Å². The average molecular weight is 253 g/mol. The fourth-order valence-corrected chi connectivity index (χ4v) is 2.78.